The highest BCUT2D eigenvalue weighted by Gasteiger charge is 2.05. The number of hydrogen-bond donors (Lipinski definition) is 1. The van der Waals surface area contributed by atoms with Crippen LogP contribution in [-0.4, -0.2) is 6.54 Å². The number of nitrogens with one attached hydrogen (secondary N) is 1. The van der Waals surface area contributed by atoms with Gasteiger partial charge in [-0.25, -0.2) is 0 Å². The molecule has 2 aromatic rings. The van der Waals surface area contributed by atoms with E-state index in [0.29, 0.717) is 6.54 Å². The quantitative estimate of drug-likeness (QED) is 0.834. The van der Waals surface area contributed by atoms with Gasteiger partial charge in [0.05, 0.1) is 12.6 Å². The van der Waals surface area contributed by atoms with E-state index in [2.05, 4.69) is 54.3 Å². The molecule has 0 aliphatic carbocycles. The molecule has 0 amide bonds. The molecule has 0 aliphatic heterocycles. The number of hydrogen-bond acceptors (Lipinski definition) is 1. The molecule has 0 saturated heterocycles. The second kappa shape index (κ2) is 7.19. The van der Waals surface area contributed by atoms with Crippen LogP contribution in [0, 0.1) is 31.1 Å². The van der Waals surface area contributed by atoms with Crippen molar-refractivity contribution < 1.29 is 0 Å². The number of aryl methyl sites for hydroxylation is 1. The fourth-order valence-electron chi connectivity index (χ4n) is 1.85. The minimum Gasteiger partial charge on any atom is -0.289 e. The van der Waals surface area contributed by atoms with E-state index in [0.717, 1.165) is 11.1 Å². The molecule has 1 atom stereocenters. The lowest BCUT2D eigenvalue weighted by atomic mass is 10.1. The molecule has 0 spiro atoms. The molecule has 2 aromatic carbocycles. The van der Waals surface area contributed by atoms with Gasteiger partial charge in [-0.05, 0) is 24.6 Å². The monoisotopic (exact) mass is 259 g/mol. The Kier molecular flexibility index (Phi) is 5.01. The predicted molar refractivity (Wildman–Crippen MR) is 84.1 cm³/mol. The van der Waals surface area contributed by atoms with Crippen molar-refractivity contribution in [3.05, 3.63) is 71.3 Å². The van der Waals surface area contributed by atoms with Gasteiger partial charge in [-0.15, -0.1) is 6.42 Å². The summed E-state index contributed by atoms with van der Waals surface area (Å²) in [5.41, 5.74) is 3.34. The van der Waals surface area contributed by atoms with E-state index < -0.39 is 0 Å². The minimum atomic E-state index is -0.0966. The summed E-state index contributed by atoms with van der Waals surface area (Å²) in [6.07, 6.45) is 5.58. The Labute approximate surface area is 121 Å². The minimum absolute atomic E-state index is 0.0966. The Morgan fingerprint density at radius 1 is 1.05 bits per heavy atom. The van der Waals surface area contributed by atoms with Gasteiger partial charge >= 0.3 is 0 Å². The van der Waals surface area contributed by atoms with Crippen LogP contribution in [0.5, 0.6) is 0 Å². The Balaban J connectivity index is 1.94. The van der Waals surface area contributed by atoms with Gasteiger partial charge < -0.3 is 0 Å². The molecule has 0 radical (unpaired) electrons. The summed E-state index contributed by atoms with van der Waals surface area (Å²) in [6, 6.07) is 18.1. The van der Waals surface area contributed by atoms with Crippen molar-refractivity contribution in [2.24, 2.45) is 0 Å². The van der Waals surface area contributed by atoms with Crippen molar-refractivity contribution in [3.8, 4) is 24.2 Å². The third-order valence-electron chi connectivity index (χ3n) is 2.98. The van der Waals surface area contributed by atoms with Gasteiger partial charge in [0.2, 0.25) is 0 Å². The van der Waals surface area contributed by atoms with E-state index in [-0.39, 0.29) is 6.04 Å². The summed E-state index contributed by atoms with van der Waals surface area (Å²) >= 11 is 0. The zero-order valence-electron chi connectivity index (χ0n) is 11.6. The molecule has 1 unspecified atom stereocenters. The second-order valence-electron chi connectivity index (χ2n) is 4.56. The Morgan fingerprint density at radius 3 is 2.40 bits per heavy atom. The molecule has 2 rings (SSSR count). The van der Waals surface area contributed by atoms with Crippen LogP contribution in [0.3, 0.4) is 0 Å². The van der Waals surface area contributed by atoms with Crippen molar-refractivity contribution in [3.63, 3.8) is 0 Å². The number of rotatable bonds is 3. The van der Waals surface area contributed by atoms with Crippen LogP contribution in [-0.2, 0) is 0 Å². The zero-order chi connectivity index (χ0) is 14.2. The summed E-state index contributed by atoms with van der Waals surface area (Å²) in [6.45, 7) is 2.63. The zero-order valence-corrected chi connectivity index (χ0v) is 11.6. The van der Waals surface area contributed by atoms with Gasteiger partial charge in [0.25, 0.3) is 0 Å². The van der Waals surface area contributed by atoms with Crippen LogP contribution in [0.4, 0.5) is 0 Å². The Hall–Kier alpha value is -2.48. The second-order valence-corrected chi connectivity index (χ2v) is 4.56. The fourth-order valence-corrected chi connectivity index (χ4v) is 1.85. The maximum atomic E-state index is 5.58. The molecule has 0 aromatic heterocycles. The van der Waals surface area contributed by atoms with Crippen LogP contribution in [0.25, 0.3) is 0 Å². The largest absolute Gasteiger partial charge is 0.289 e. The molecule has 1 N–H and O–H groups in total. The van der Waals surface area contributed by atoms with Crippen molar-refractivity contribution in [1.29, 1.82) is 0 Å². The van der Waals surface area contributed by atoms with Gasteiger partial charge in [0.15, 0.2) is 0 Å². The van der Waals surface area contributed by atoms with Crippen molar-refractivity contribution >= 4 is 0 Å². The first-order chi connectivity index (χ1) is 9.79. The third kappa shape index (κ3) is 4.02. The van der Waals surface area contributed by atoms with Crippen LogP contribution in [0.1, 0.15) is 22.7 Å². The van der Waals surface area contributed by atoms with E-state index in [1.807, 2.05) is 30.3 Å². The molecule has 0 heterocycles. The van der Waals surface area contributed by atoms with E-state index >= 15 is 0 Å². The van der Waals surface area contributed by atoms with Gasteiger partial charge in [-0.1, -0.05) is 65.8 Å². The lowest BCUT2D eigenvalue weighted by Crippen LogP contribution is -2.20. The first kappa shape index (κ1) is 13.9. The maximum absolute atomic E-state index is 5.58. The van der Waals surface area contributed by atoms with Crippen molar-refractivity contribution in [2.75, 3.05) is 6.54 Å². The lowest BCUT2D eigenvalue weighted by Gasteiger charge is -2.11. The Bertz CT molecular complexity index is 636. The third-order valence-corrected chi connectivity index (χ3v) is 2.98. The lowest BCUT2D eigenvalue weighted by molar-refractivity contribution is 0.698. The van der Waals surface area contributed by atoms with Crippen LogP contribution in [0.2, 0.25) is 0 Å². The van der Waals surface area contributed by atoms with Crippen LogP contribution < -0.4 is 5.32 Å². The van der Waals surface area contributed by atoms with E-state index in [1.165, 1.54) is 5.56 Å². The average Bonchev–Trinajstić information content (AvgIpc) is 2.50. The predicted octanol–water partition coefficient (Wildman–Crippen LogP) is 3.31. The standard InChI is InChI=1S/C19H17N/c1-3-19(18-13-11-16(2)12-14-18)20-15-7-10-17-8-5-4-6-9-17/h1,4-6,8-9,11-14,19-20H,15H2,2H3. The molecular weight excluding hydrogens is 242 g/mol. The van der Waals surface area contributed by atoms with Crippen LogP contribution >= 0.6 is 0 Å². The topological polar surface area (TPSA) is 12.0 Å². The van der Waals surface area contributed by atoms with E-state index in [1.54, 1.807) is 0 Å². The van der Waals surface area contributed by atoms with Crippen molar-refractivity contribution in [2.45, 2.75) is 13.0 Å². The summed E-state index contributed by atoms with van der Waals surface area (Å²) in [5, 5.41) is 3.27. The molecule has 1 nitrogen and oxygen atoms in total. The summed E-state index contributed by atoms with van der Waals surface area (Å²) in [5.74, 6) is 8.95. The summed E-state index contributed by atoms with van der Waals surface area (Å²) in [4.78, 5) is 0. The maximum Gasteiger partial charge on any atom is 0.0950 e. The van der Waals surface area contributed by atoms with Gasteiger partial charge in [-0.2, -0.15) is 0 Å². The summed E-state index contributed by atoms with van der Waals surface area (Å²) in [7, 11) is 0. The highest BCUT2D eigenvalue weighted by atomic mass is 14.9. The van der Waals surface area contributed by atoms with Gasteiger partial charge in [-0.3, -0.25) is 5.32 Å². The average molecular weight is 259 g/mol. The molecule has 0 aliphatic rings. The molecule has 20 heavy (non-hydrogen) atoms. The highest BCUT2D eigenvalue weighted by molar-refractivity contribution is 5.34. The normalized spacial score (nSPS) is 11.0. The first-order valence-electron chi connectivity index (χ1n) is 6.59. The molecular formula is C19H17N. The number of benzene rings is 2. The summed E-state index contributed by atoms with van der Waals surface area (Å²) < 4.78 is 0. The fraction of sp³-hybridized carbons (Fsp3) is 0.158. The highest BCUT2D eigenvalue weighted by Crippen LogP contribution is 2.12. The van der Waals surface area contributed by atoms with Crippen LogP contribution in [0.15, 0.2) is 54.6 Å². The molecule has 1 heteroatoms. The smallest absolute Gasteiger partial charge is 0.0950 e. The molecule has 0 fully saturated rings. The van der Waals surface area contributed by atoms with E-state index in [4.69, 9.17) is 6.42 Å². The van der Waals surface area contributed by atoms with Gasteiger partial charge in [0.1, 0.15) is 0 Å². The molecule has 0 bridgehead atoms. The van der Waals surface area contributed by atoms with E-state index in [9.17, 15) is 0 Å². The Morgan fingerprint density at radius 2 is 1.75 bits per heavy atom. The SMILES string of the molecule is C#CC(NCC#Cc1ccccc1)c1ccc(C)cc1. The van der Waals surface area contributed by atoms with Gasteiger partial charge in [0, 0.05) is 5.56 Å². The number of terminal acetylenes is 1. The molecule has 98 valence electrons. The molecule has 0 saturated carbocycles. The van der Waals surface area contributed by atoms with Crippen molar-refractivity contribution in [1.82, 2.24) is 5.32 Å². The first-order valence-corrected chi connectivity index (χ1v) is 6.59.